The van der Waals surface area contributed by atoms with Gasteiger partial charge in [-0.2, -0.15) is 18.6 Å². The van der Waals surface area contributed by atoms with Crippen LogP contribution in [0.15, 0.2) is 10.2 Å². The maximum atomic E-state index is 11.2. The van der Waals surface area contributed by atoms with E-state index >= 15 is 0 Å². The van der Waals surface area contributed by atoms with E-state index in [0.29, 0.717) is 12.8 Å². The average Bonchev–Trinajstić information content (AvgIpc) is 2.15. The summed E-state index contributed by atoms with van der Waals surface area (Å²) in [5, 5.41) is 9.20. The lowest BCUT2D eigenvalue weighted by molar-refractivity contribution is -0.119. The van der Waals surface area contributed by atoms with Crippen LogP contribution in [0.5, 0.6) is 0 Å². The number of rotatable bonds is 3. The zero-order valence-electron chi connectivity index (χ0n) is 9.83. The number of nitrogens with zero attached hydrogens (tertiary/aromatic N) is 2. The molecule has 0 spiro atoms. The fourth-order valence-corrected chi connectivity index (χ4v) is 3.15. The minimum atomic E-state index is -4.12. The van der Waals surface area contributed by atoms with Crippen LogP contribution < -0.4 is 5.32 Å². The largest absolute Gasteiger partial charge is 0.354 e. The fourth-order valence-electron chi connectivity index (χ4n) is 2.15. The Hall–Kier alpha value is -1.02. The van der Waals surface area contributed by atoms with E-state index < -0.39 is 21.4 Å². The predicted octanol–water partition coefficient (Wildman–Crippen LogP) is 0.382. The molecule has 3 atom stereocenters. The van der Waals surface area contributed by atoms with Crippen molar-refractivity contribution >= 4 is 16.0 Å². The third-order valence-corrected chi connectivity index (χ3v) is 4.12. The van der Waals surface area contributed by atoms with Gasteiger partial charge in [-0.15, -0.1) is 0 Å². The van der Waals surface area contributed by atoms with Crippen molar-refractivity contribution in [3.63, 3.8) is 0 Å². The van der Waals surface area contributed by atoms with Crippen molar-refractivity contribution in [2.45, 2.75) is 43.5 Å². The van der Waals surface area contributed by atoms with E-state index in [-0.39, 0.29) is 18.4 Å². The van der Waals surface area contributed by atoms with Crippen molar-refractivity contribution in [2.24, 2.45) is 10.2 Å². The number of nitrogens with one attached hydrogen (secondary N) is 1. The number of carbonyl (C=O) groups excluding carboxylic acids is 1. The Morgan fingerprint density at radius 1 is 1.41 bits per heavy atom. The molecule has 2 N–H and O–H groups in total. The first kappa shape index (κ1) is 14.0. The Bertz CT molecular complexity index is 406. The summed E-state index contributed by atoms with van der Waals surface area (Å²) >= 11 is 0. The number of hydrogen-bond donors (Lipinski definition) is 2. The van der Waals surface area contributed by atoms with Gasteiger partial charge in [-0.25, -0.2) is 0 Å². The Morgan fingerprint density at radius 2 is 2.06 bits per heavy atom. The van der Waals surface area contributed by atoms with Gasteiger partial charge in [-0.1, -0.05) is 0 Å². The molecule has 17 heavy (non-hydrogen) atoms. The van der Waals surface area contributed by atoms with Gasteiger partial charge >= 0.3 is 0 Å². The third-order valence-electron chi connectivity index (χ3n) is 2.81. The molecular formula is C9H17N3O4S. The molecule has 0 radical (unpaired) electrons. The summed E-state index contributed by atoms with van der Waals surface area (Å²) in [6.45, 7) is 1.41. The lowest BCUT2D eigenvalue weighted by Gasteiger charge is -2.31. The minimum absolute atomic E-state index is 0.110. The summed E-state index contributed by atoms with van der Waals surface area (Å²) in [5.41, 5.74) is 0. The van der Waals surface area contributed by atoms with Crippen molar-refractivity contribution in [3.8, 4) is 0 Å². The number of azo groups is 1. The molecule has 98 valence electrons. The molecule has 7 nitrogen and oxygen atoms in total. The molecule has 1 aliphatic rings. The molecule has 0 aromatic carbocycles. The summed E-state index contributed by atoms with van der Waals surface area (Å²) in [7, 11) is -2.67. The number of amides is 1. The molecule has 0 aromatic heterocycles. The lowest BCUT2D eigenvalue weighted by Crippen LogP contribution is -2.46. The highest BCUT2D eigenvalue weighted by Gasteiger charge is 2.38. The molecular weight excluding hydrogens is 246 g/mol. The predicted molar refractivity (Wildman–Crippen MR) is 61.4 cm³/mol. The van der Waals surface area contributed by atoms with E-state index in [1.165, 1.54) is 14.0 Å². The highest BCUT2D eigenvalue weighted by molar-refractivity contribution is 7.86. The second-order valence-corrected chi connectivity index (χ2v) is 5.78. The quantitative estimate of drug-likeness (QED) is 0.566. The molecule has 0 aromatic rings. The van der Waals surface area contributed by atoms with Crippen molar-refractivity contribution in [1.82, 2.24) is 5.32 Å². The lowest BCUT2D eigenvalue weighted by atomic mass is 9.91. The Kier molecular flexibility index (Phi) is 4.58. The average molecular weight is 263 g/mol. The van der Waals surface area contributed by atoms with Gasteiger partial charge in [0, 0.05) is 20.0 Å². The molecule has 1 amide bonds. The van der Waals surface area contributed by atoms with Gasteiger partial charge in [0.15, 0.2) is 0 Å². The van der Waals surface area contributed by atoms with Gasteiger partial charge in [0.2, 0.25) is 5.91 Å². The first-order valence-corrected chi connectivity index (χ1v) is 6.87. The summed E-state index contributed by atoms with van der Waals surface area (Å²) in [6, 6.07) is -0.707. The molecule has 1 aliphatic carbocycles. The molecule has 8 heteroatoms. The van der Waals surface area contributed by atoms with Crippen LogP contribution in [0, 0.1) is 0 Å². The molecule has 1 saturated carbocycles. The molecule has 1 fully saturated rings. The zero-order valence-corrected chi connectivity index (χ0v) is 10.6. The molecule has 0 aliphatic heterocycles. The van der Waals surface area contributed by atoms with E-state index in [1.807, 2.05) is 0 Å². The maximum Gasteiger partial charge on any atom is 0.269 e. The fraction of sp³-hybridized carbons (Fsp3) is 0.889. The van der Waals surface area contributed by atoms with Crippen LogP contribution in [-0.4, -0.2) is 43.3 Å². The monoisotopic (exact) mass is 263 g/mol. The van der Waals surface area contributed by atoms with E-state index in [0.717, 1.165) is 0 Å². The highest BCUT2D eigenvalue weighted by atomic mass is 32.2. The summed E-state index contributed by atoms with van der Waals surface area (Å²) in [5.74, 6) is -0.160. The Labute approximate surface area is 100 Å². The smallest absolute Gasteiger partial charge is 0.269 e. The van der Waals surface area contributed by atoms with Crippen LogP contribution in [0.4, 0.5) is 0 Å². The van der Waals surface area contributed by atoms with Crippen LogP contribution >= 0.6 is 0 Å². The number of hydrogen-bond acceptors (Lipinski definition) is 5. The zero-order chi connectivity index (χ0) is 13.1. The van der Waals surface area contributed by atoms with E-state index in [9.17, 15) is 13.2 Å². The second kappa shape index (κ2) is 5.54. The molecule has 0 heterocycles. The standard InChI is InChI=1S/C9H17N3O4S/c1-6(13)11-7-3-4-9(17(14,15)16)8(5-7)12-10-2/h7-9H,3-5H2,1-2H3,(H,11,13)(H,14,15,16). The summed E-state index contributed by atoms with van der Waals surface area (Å²) in [6.07, 6.45) is 1.16. The minimum Gasteiger partial charge on any atom is -0.354 e. The highest BCUT2D eigenvalue weighted by Crippen LogP contribution is 2.27. The topological polar surface area (TPSA) is 108 Å². The van der Waals surface area contributed by atoms with Crippen LogP contribution in [0.25, 0.3) is 0 Å². The summed E-state index contributed by atoms with van der Waals surface area (Å²) < 4.78 is 31.4. The third kappa shape index (κ3) is 4.04. The maximum absolute atomic E-state index is 11.2. The molecule has 3 unspecified atom stereocenters. The van der Waals surface area contributed by atoms with Crippen molar-refractivity contribution in [3.05, 3.63) is 0 Å². The van der Waals surface area contributed by atoms with E-state index in [4.69, 9.17) is 4.55 Å². The molecule has 0 saturated heterocycles. The van der Waals surface area contributed by atoms with Crippen LogP contribution in [-0.2, 0) is 14.9 Å². The van der Waals surface area contributed by atoms with Gasteiger partial charge in [-0.3, -0.25) is 9.35 Å². The molecule has 1 rings (SSSR count). The SMILES string of the molecule is CN=NC1CC(NC(C)=O)CCC1S(=O)(=O)O. The van der Waals surface area contributed by atoms with Gasteiger partial charge in [-0.05, 0) is 19.3 Å². The first-order valence-electron chi connectivity index (χ1n) is 5.37. The van der Waals surface area contributed by atoms with Gasteiger partial charge in [0.25, 0.3) is 10.1 Å². The van der Waals surface area contributed by atoms with Crippen molar-refractivity contribution in [1.29, 1.82) is 0 Å². The van der Waals surface area contributed by atoms with Gasteiger partial charge in [0.1, 0.15) is 5.25 Å². The normalized spacial score (nSPS) is 30.4. The second-order valence-electron chi connectivity index (χ2n) is 4.15. The van der Waals surface area contributed by atoms with Gasteiger partial charge < -0.3 is 5.32 Å². The Morgan fingerprint density at radius 3 is 2.53 bits per heavy atom. The van der Waals surface area contributed by atoms with E-state index in [1.54, 1.807) is 0 Å². The van der Waals surface area contributed by atoms with Crippen LogP contribution in [0.3, 0.4) is 0 Å². The van der Waals surface area contributed by atoms with Crippen molar-refractivity contribution in [2.75, 3.05) is 7.05 Å². The van der Waals surface area contributed by atoms with Gasteiger partial charge in [0.05, 0.1) is 6.04 Å². The van der Waals surface area contributed by atoms with Crippen LogP contribution in [0.2, 0.25) is 0 Å². The molecule has 0 bridgehead atoms. The Balaban J connectivity index is 2.78. The van der Waals surface area contributed by atoms with Crippen molar-refractivity contribution < 1.29 is 17.8 Å². The number of carbonyl (C=O) groups is 1. The van der Waals surface area contributed by atoms with E-state index in [2.05, 4.69) is 15.5 Å². The summed E-state index contributed by atoms with van der Waals surface area (Å²) in [4.78, 5) is 10.9. The van der Waals surface area contributed by atoms with Crippen LogP contribution in [0.1, 0.15) is 26.2 Å². The first-order chi connectivity index (χ1) is 7.84.